The van der Waals surface area contributed by atoms with Gasteiger partial charge in [0.15, 0.2) is 5.65 Å². The van der Waals surface area contributed by atoms with Crippen LogP contribution >= 0.6 is 23.2 Å². The fraction of sp³-hybridized carbons (Fsp3) is 0.143. The van der Waals surface area contributed by atoms with Crippen molar-refractivity contribution in [1.82, 2.24) is 15.0 Å². The van der Waals surface area contributed by atoms with Crippen molar-refractivity contribution in [1.29, 1.82) is 0 Å². The lowest BCUT2D eigenvalue weighted by Gasteiger charge is -2.00. The zero-order chi connectivity index (χ0) is 14.1. The molecule has 0 aliphatic rings. The molecule has 0 saturated carbocycles. The van der Waals surface area contributed by atoms with Crippen LogP contribution in [0.2, 0.25) is 10.0 Å². The van der Waals surface area contributed by atoms with Crippen LogP contribution in [0.4, 0.5) is 0 Å². The highest BCUT2D eigenvalue weighted by molar-refractivity contribution is 6.42. The SMILES string of the molecule is COc1ccc2[nH]c(Cc3ccc(Cl)c(Cl)c3)nc2n1. The Morgan fingerprint density at radius 2 is 1.95 bits per heavy atom. The van der Waals surface area contributed by atoms with Gasteiger partial charge in [-0.05, 0) is 23.8 Å². The van der Waals surface area contributed by atoms with Gasteiger partial charge in [0.1, 0.15) is 5.82 Å². The van der Waals surface area contributed by atoms with Crippen molar-refractivity contribution in [2.24, 2.45) is 0 Å². The molecule has 0 radical (unpaired) electrons. The molecule has 0 fully saturated rings. The molecule has 2 aromatic heterocycles. The van der Waals surface area contributed by atoms with Gasteiger partial charge < -0.3 is 9.72 Å². The van der Waals surface area contributed by atoms with Gasteiger partial charge in [-0.2, -0.15) is 4.98 Å². The Balaban J connectivity index is 1.92. The minimum Gasteiger partial charge on any atom is -0.481 e. The van der Waals surface area contributed by atoms with Crippen LogP contribution in [-0.2, 0) is 6.42 Å². The molecule has 0 unspecified atom stereocenters. The molecular weight excluding hydrogens is 297 g/mol. The van der Waals surface area contributed by atoms with E-state index in [0.717, 1.165) is 16.9 Å². The van der Waals surface area contributed by atoms with Crippen molar-refractivity contribution in [3.05, 3.63) is 51.8 Å². The lowest BCUT2D eigenvalue weighted by atomic mass is 10.1. The van der Waals surface area contributed by atoms with E-state index < -0.39 is 0 Å². The maximum Gasteiger partial charge on any atom is 0.215 e. The molecule has 3 rings (SSSR count). The number of aromatic nitrogens is 3. The van der Waals surface area contributed by atoms with E-state index in [0.29, 0.717) is 28.0 Å². The van der Waals surface area contributed by atoms with Crippen molar-refractivity contribution in [2.45, 2.75) is 6.42 Å². The fourth-order valence-corrected chi connectivity index (χ4v) is 2.29. The van der Waals surface area contributed by atoms with Gasteiger partial charge in [-0.25, -0.2) is 4.98 Å². The molecule has 0 atom stereocenters. The van der Waals surface area contributed by atoms with E-state index in [-0.39, 0.29) is 0 Å². The van der Waals surface area contributed by atoms with E-state index in [1.165, 1.54) is 0 Å². The van der Waals surface area contributed by atoms with E-state index in [1.807, 2.05) is 18.2 Å². The Morgan fingerprint density at radius 3 is 2.70 bits per heavy atom. The Hall–Kier alpha value is -1.78. The van der Waals surface area contributed by atoms with Crippen molar-refractivity contribution in [2.75, 3.05) is 7.11 Å². The Kier molecular flexibility index (Phi) is 3.51. The molecule has 1 N–H and O–H groups in total. The molecule has 102 valence electrons. The lowest BCUT2D eigenvalue weighted by Crippen LogP contribution is -1.90. The average Bonchev–Trinajstić information content (AvgIpc) is 2.84. The predicted molar refractivity (Wildman–Crippen MR) is 79.7 cm³/mol. The molecular formula is C14H11Cl2N3O. The summed E-state index contributed by atoms with van der Waals surface area (Å²) in [7, 11) is 1.58. The van der Waals surface area contributed by atoms with Gasteiger partial charge in [-0.15, -0.1) is 0 Å². The van der Waals surface area contributed by atoms with Crippen LogP contribution < -0.4 is 4.74 Å². The Morgan fingerprint density at radius 1 is 1.10 bits per heavy atom. The van der Waals surface area contributed by atoms with Crippen molar-refractivity contribution in [3.63, 3.8) is 0 Å². The first-order valence-electron chi connectivity index (χ1n) is 5.99. The second-order valence-electron chi connectivity index (χ2n) is 4.33. The van der Waals surface area contributed by atoms with E-state index in [2.05, 4.69) is 15.0 Å². The Bertz CT molecular complexity index is 770. The number of aromatic amines is 1. The van der Waals surface area contributed by atoms with Crippen LogP contribution in [0.1, 0.15) is 11.4 Å². The standard InChI is InChI=1S/C14H11Cl2N3O/c1-20-13-5-4-11-14(19-13)18-12(17-11)7-8-2-3-9(15)10(16)6-8/h2-6H,7H2,1H3,(H,17,18,19). The maximum atomic E-state index is 6.01. The number of ether oxygens (including phenoxy) is 1. The number of nitrogens with one attached hydrogen (secondary N) is 1. The molecule has 3 aromatic rings. The molecule has 1 aromatic carbocycles. The maximum absolute atomic E-state index is 6.01. The zero-order valence-corrected chi connectivity index (χ0v) is 12.2. The third-order valence-corrected chi connectivity index (χ3v) is 3.67. The van der Waals surface area contributed by atoms with Gasteiger partial charge in [-0.1, -0.05) is 29.3 Å². The third kappa shape index (κ3) is 2.57. The molecule has 6 heteroatoms. The number of imidazole rings is 1. The lowest BCUT2D eigenvalue weighted by molar-refractivity contribution is 0.399. The first kappa shape index (κ1) is 13.2. The quantitative estimate of drug-likeness (QED) is 0.799. The summed E-state index contributed by atoms with van der Waals surface area (Å²) in [6.07, 6.45) is 0.634. The van der Waals surface area contributed by atoms with Crippen LogP contribution in [0.5, 0.6) is 5.88 Å². The number of pyridine rings is 1. The summed E-state index contributed by atoms with van der Waals surface area (Å²) in [5, 5.41) is 1.09. The van der Waals surface area contributed by atoms with Crippen molar-refractivity contribution >= 4 is 34.4 Å². The van der Waals surface area contributed by atoms with Gasteiger partial charge >= 0.3 is 0 Å². The molecule has 4 nitrogen and oxygen atoms in total. The predicted octanol–water partition coefficient (Wildman–Crippen LogP) is 3.86. The van der Waals surface area contributed by atoms with Crippen LogP contribution in [-0.4, -0.2) is 22.1 Å². The summed E-state index contributed by atoms with van der Waals surface area (Å²) in [5.74, 6) is 1.37. The fourth-order valence-electron chi connectivity index (χ4n) is 1.97. The number of hydrogen-bond acceptors (Lipinski definition) is 3. The third-order valence-electron chi connectivity index (χ3n) is 2.93. The summed E-state index contributed by atoms with van der Waals surface area (Å²) >= 11 is 11.9. The monoisotopic (exact) mass is 307 g/mol. The first-order chi connectivity index (χ1) is 9.65. The number of hydrogen-bond donors (Lipinski definition) is 1. The minimum absolute atomic E-state index is 0.542. The molecule has 0 amide bonds. The Labute approximate surface area is 125 Å². The van der Waals surface area contributed by atoms with E-state index in [1.54, 1.807) is 19.2 Å². The van der Waals surface area contributed by atoms with Gasteiger partial charge in [0.2, 0.25) is 5.88 Å². The highest BCUT2D eigenvalue weighted by Crippen LogP contribution is 2.24. The first-order valence-corrected chi connectivity index (χ1v) is 6.75. The number of nitrogens with zero attached hydrogens (tertiary/aromatic N) is 2. The summed E-state index contributed by atoms with van der Waals surface area (Å²) in [4.78, 5) is 11.9. The molecule has 0 aliphatic heterocycles. The summed E-state index contributed by atoms with van der Waals surface area (Å²) in [6, 6.07) is 9.24. The topological polar surface area (TPSA) is 50.8 Å². The second-order valence-corrected chi connectivity index (χ2v) is 5.15. The largest absolute Gasteiger partial charge is 0.481 e. The van der Waals surface area contributed by atoms with Crippen LogP contribution in [0.3, 0.4) is 0 Å². The molecule has 2 heterocycles. The number of H-pyrrole nitrogens is 1. The molecule has 0 spiro atoms. The van der Waals surface area contributed by atoms with Gasteiger partial charge in [-0.3, -0.25) is 0 Å². The van der Waals surface area contributed by atoms with Gasteiger partial charge in [0.05, 0.1) is 22.7 Å². The zero-order valence-electron chi connectivity index (χ0n) is 10.7. The van der Waals surface area contributed by atoms with E-state index >= 15 is 0 Å². The highest BCUT2D eigenvalue weighted by atomic mass is 35.5. The highest BCUT2D eigenvalue weighted by Gasteiger charge is 2.07. The van der Waals surface area contributed by atoms with E-state index in [4.69, 9.17) is 27.9 Å². The average molecular weight is 308 g/mol. The molecule has 0 aliphatic carbocycles. The number of methoxy groups -OCH3 is 1. The van der Waals surface area contributed by atoms with Crippen LogP contribution in [0, 0.1) is 0 Å². The van der Waals surface area contributed by atoms with Crippen molar-refractivity contribution in [3.8, 4) is 5.88 Å². The molecule has 0 saturated heterocycles. The minimum atomic E-state index is 0.542. The number of fused-ring (bicyclic) bond motifs is 1. The van der Waals surface area contributed by atoms with Gasteiger partial charge in [0.25, 0.3) is 0 Å². The molecule has 0 bridgehead atoms. The van der Waals surface area contributed by atoms with Gasteiger partial charge in [0, 0.05) is 12.5 Å². The number of halogens is 2. The smallest absolute Gasteiger partial charge is 0.215 e. The normalized spacial score (nSPS) is 10.9. The summed E-state index contributed by atoms with van der Waals surface area (Å²) in [6.45, 7) is 0. The van der Waals surface area contributed by atoms with Crippen LogP contribution in [0.25, 0.3) is 11.2 Å². The summed E-state index contributed by atoms with van der Waals surface area (Å²) < 4.78 is 5.08. The molecule has 20 heavy (non-hydrogen) atoms. The number of benzene rings is 1. The van der Waals surface area contributed by atoms with Crippen LogP contribution in [0.15, 0.2) is 30.3 Å². The summed E-state index contributed by atoms with van der Waals surface area (Å²) in [5.41, 5.74) is 2.55. The number of rotatable bonds is 3. The van der Waals surface area contributed by atoms with E-state index in [9.17, 15) is 0 Å². The van der Waals surface area contributed by atoms with Crippen molar-refractivity contribution < 1.29 is 4.74 Å². The second kappa shape index (κ2) is 5.31.